The van der Waals surface area contributed by atoms with Crippen molar-refractivity contribution < 1.29 is 4.74 Å². The second-order valence-electron chi connectivity index (χ2n) is 6.41. The highest BCUT2D eigenvalue weighted by Crippen LogP contribution is 2.10. The molecule has 1 N–H and O–H groups in total. The topological polar surface area (TPSA) is 24.5 Å². The summed E-state index contributed by atoms with van der Waals surface area (Å²) in [6.07, 6.45) is 2.27. The highest BCUT2D eigenvalue weighted by molar-refractivity contribution is 5.22. The molecule has 0 amide bonds. The summed E-state index contributed by atoms with van der Waals surface area (Å²) in [4.78, 5) is 2.49. The van der Waals surface area contributed by atoms with Crippen molar-refractivity contribution in [3.8, 4) is 0 Å². The van der Waals surface area contributed by atoms with Gasteiger partial charge in [0.25, 0.3) is 0 Å². The highest BCUT2D eigenvalue weighted by Gasteiger charge is 2.09. The number of ether oxygens (including phenoxy) is 1. The summed E-state index contributed by atoms with van der Waals surface area (Å²) in [5, 5.41) is 3.50. The first-order valence-electron chi connectivity index (χ1n) is 8.32. The molecule has 1 heterocycles. The minimum Gasteiger partial charge on any atom is -0.380 e. The molecule has 1 aromatic carbocycles. The van der Waals surface area contributed by atoms with Crippen LogP contribution in [0.3, 0.4) is 0 Å². The van der Waals surface area contributed by atoms with E-state index in [1.165, 1.54) is 11.1 Å². The van der Waals surface area contributed by atoms with Crippen molar-refractivity contribution in [2.75, 3.05) is 39.4 Å². The lowest BCUT2D eigenvalue weighted by Crippen LogP contribution is -2.25. The fourth-order valence-corrected chi connectivity index (χ4v) is 2.65. The van der Waals surface area contributed by atoms with E-state index < -0.39 is 0 Å². The Kier molecular flexibility index (Phi) is 7.20. The van der Waals surface area contributed by atoms with E-state index in [4.69, 9.17) is 4.74 Å². The maximum absolute atomic E-state index is 5.50. The second-order valence-corrected chi connectivity index (χ2v) is 6.41. The first kappa shape index (κ1) is 16.5. The SMILES string of the molecule is CC(C)CNCCc1ccc(CN2CCCOCC2)cc1. The number of rotatable bonds is 7. The highest BCUT2D eigenvalue weighted by atomic mass is 16.5. The monoisotopic (exact) mass is 290 g/mol. The summed E-state index contributed by atoms with van der Waals surface area (Å²) in [6, 6.07) is 9.12. The molecule has 1 saturated heterocycles. The molecule has 0 saturated carbocycles. The minimum atomic E-state index is 0.727. The van der Waals surface area contributed by atoms with Crippen molar-refractivity contribution in [2.45, 2.75) is 33.2 Å². The van der Waals surface area contributed by atoms with Crippen molar-refractivity contribution in [1.29, 1.82) is 0 Å². The third kappa shape index (κ3) is 6.60. The van der Waals surface area contributed by atoms with Crippen LogP contribution in [0, 0.1) is 5.92 Å². The molecule has 2 rings (SSSR count). The van der Waals surface area contributed by atoms with Gasteiger partial charge in [0.05, 0.1) is 6.61 Å². The predicted molar refractivity (Wildman–Crippen MR) is 88.6 cm³/mol. The molecule has 1 aliphatic heterocycles. The number of nitrogens with zero attached hydrogens (tertiary/aromatic N) is 1. The Bertz CT molecular complexity index is 381. The van der Waals surface area contributed by atoms with Crippen LogP contribution < -0.4 is 5.32 Å². The van der Waals surface area contributed by atoms with Gasteiger partial charge in [0.2, 0.25) is 0 Å². The van der Waals surface area contributed by atoms with Crippen LogP contribution in [-0.4, -0.2) is 44.3 Å². The number of hydrogen-bond donors (Lipinski definition) is 1. The van der Waals surface area contributed by atoms with Crippen LogP contribution in [0.2, 0.25) is 0 Å². The lowest BCUT2D eigenvalue weighted by atomic mass is 10.1. The Morgan fingerprint density at radius 1 is 1.10 bits per heavy atom. The third-order valence-electron chi connectivity index (χ3n) is 3.89. The van der Waals surface area contributed by atoms with Gasteiger partial charge in [-0.15, -0.1) is 0 Å². The number of nitrogens with one attached hydrogen (secondary N) is 1. The molecule has 118 valence electrons. The molecule has 0 radical (unpaired) electrons. The van der Waals surface area contributed by atoms with Gasteiger partial charge < -0.3 is 10.1 Å². The lowest BCUT2D eigenvalue weighted by Gasteiger charge is -2.19. The average Bonchev–Trinajstić information content (AvgIpc) is 2.74. The van der Waals surface area contributed by atoms with Crippen LogP contribution >= 0.6 is 0 Å². The number of benzene rings is 1. The van der Waals surface area contributed by atoms with Gasteiger partial charge in [0, 0.05) is 26.2 Å². The summed E-state index contributed by atoms with van der Waals surface area (Å²) in [5.41, 5.74) is 2.84. The van der Waals surface area contributed by atoms with Gasteiger partial charge in [-0.05, 0) is 43.0 Å². The van der Waals surface area contributed by atoms with Gasteiger partial charge in [-0.2, -0.15) is 0 Å². The molecule has 21 heavy (non-hydrogen) atoms. The Hall–Kier alpha value is -0.900. The quantitative estimate of drug-likeness (QED) is 0.782. The fourth-order valence-electron chi connectivity index (χ4n) is 2.65. The van der Waals surface area contributed by atoms with Crippen LogP contribution in [0.15, 0.2) is 24.3 Å². The standard InChI is InChI=1S/C18H30N2O/c1-16(2)14-19-9-8-17-4-6-18(7-5-17)15-20-10-3-12-21-13-11-20/h4-7,16,19H,3,8-15H2,1-2H3. The summed E-state index contributed by atoms with van der Waals surface area (Å²) in [6.45, 7) is 11.7. The van der Waals surface area contributed by atoms with E-state index in [0.717, 1.165) is 64.7 Å². The molecule has 0 bridgehead atoms. The van der Waals surface area contributed by atoms with E-state index in [0.29, 0.717) is 0 Å². The van der Waals surface area contributed by atoms with Crippen molar-refractivity contribution in [2.24, 2.45) is 5.92 Å². The average molecular weight is 290 g/mol. The third-order valence-corrected chi connectivity index (χ3v) is 3.89. The minimum absolute atomic E-state index is 0.727. The predicted octanol–water partition coefficient (Wildman–Crippen LogP) is 2.70. The maximum atomic E-state index is 5.50. The lowest BCUT2D eigenvalue weighted by molar-refractivity contribution is 0.140. The summed E-state index contributed by atoms with van der Waals surface area (Å²) in [7, 11) is 0. The van der Waals surface area contributed by atoms with E-state index in [2.05, 4.69) is 48.3 Å². The zero-order valence-electron chi connectivity index (χ0n) is 13.6. The van der Waals surface area contributed by atoms with Crippen molar-refractivity contribution in [1.82, 2.24) is 10.2 Å². The van der Waals surface area contributed by atoms with E-state index in [1.807, 2.05) is 0 Å². The van der Waals surface area contributed by atoms with Crippen LogP contribution in [-0.2, 0) is 17.7 Å². The molecular weight excluding hydrogens is 260 g/mol. The summed E-state index contributed by atoms with van der Waals surface area (Å²) >= 11 is 0. The first-order valence-corrected chi connectivity index (χ1v) is 8.32. The molecule has 3 nitrogen and oxygen atoms in total. The maximum Gasteiger partial charge on any atom is 0.0593 e. The van der Waals surface area contributed by atoms with Crippen molar-refractivity contribution in [3.63, 3.8) is 0 Å². The van der Waals surface area contributed by atoms with E-state index >= 15 is 0 Å². The van der Waals surface area contributed by atoms with Gasteiger partial charge in [-0.1, -0.05) is 38.1 Å². The summed E-state index contributed by atoms with van der Waals surface area (Å²) < 4.78 is 5.50. The largest absolute Gasteiger partial charge is 0.380 e. The molecule has 0 spiro atoms. The Morgan fingerprint density at radius 2 is 1.86 bits per heavy atom. The molecule has 1 fully saturated rings. The van der Waals surface area contributed by atoms with Crippen molar-refractivity contribution >= 4 is 0 Å². The Balaban J connectivity index is 1.73. The molecular formula is C18H30N2O. The van der Waals surface area contributed by atoms with Gasteiger partial charge in [0.15, 0.2) is 0 Å². The number of hydrogen-bond acceptors (Lipinski definition) is 3. The molecule has 0 unspecified atom stereocenters. The Morgan fingerprint density at radius 3 is 2.62 bits per heavy atom. The van der Waals surface area contributed by atoms with Gasteiger partial charge in [-0.3, -0.25) is 4.90 Å². The zero-order chi connectivity index (χ0) is 14.9. The zero-order valence-corrected chi connectivity index (χ0v) is 13.6. The second kappa shape index (κ2) is 9.19. The molecule has 1 aliphatic rings. The normalized spacial score (nSPS) is 17.1. The molecule has 1 aromatic rings. The van der Waals surface area contributed by atoms with Gasteiger partial charge in [-0.25, -0.2) is 0 Å². The van der Waals surface area contributed by atoms with Crippen LogP contribution in [0.25, 0.3) is 0 Å². The van der Waals surface area contributed by atoms with Gasteiger partial charge in [0.1, 0.15) is 0 Å². The van der Waals surface area contributed by atoms with Crippen LogP contribution in [0.5, 0.6) is 0 Å². The molecule has 0 aliphatic carbocycles. The van der Waals surface area contributed by atoms with E-state index in [-0.39, 0.29) is 0 Å². The first-order chi connectivity index (χ1) is 10.2. The molecule has 0 aromatic heterocycles. The van der Waals surface area contributed by atoms with Crippen LogP contribution in [0.1, 0.15) is 31.4 Å². The van der Waals surface area contributed by atoms with Crippen molar-refractivity contribution in [3.05, 3.63) is 35.4 Å². The smallest absolute Gasteiger partial charge is 0.0593 e. The molecule has 0 atom stereocenters. The fraction of sp³-hybridized carbons (Fsp3) is 0.667. The van der Waals surface area contributed by atoms with E-state index in [1.54, 1.807) is 0 Å². The summed E-state index contributed by atoms with van der Waals surface area (Å²) in [5.74, 6) is 0.727. The Labute approximate surface area is 129 Å². The molecule has 3 heteroatoms. The van der Waals surface area contributed by atoms with Crippen LogP contribution in [0.4, 0.5) is 0 Å². The van der Waals surface area contributed by atoms with E-state index in [9.17, 15) is 0 Å². The van der Waals surface area contributed by atoms with Gasteiger partial charge >= 0.3 is 0 Å².